The molecule has 5 atom stereocenters. The van der Waals surface area contributed by atoms with Crippen molar-refractivity contribution in [3.05, 3.63) is 0 Å². The number of hydrogen-bond donors (Lipinski definition) is 2. The summed E-state index contributed by atoms with van der Waals surface area (Å²) in [6, 6.07) is 0. The molecule has 0 radical (unpaired) electrons. The fourth-order valence-corrected chi connectivity index (χ4v) is 6.50. The van der Waals surface area contributed by atoms with Gasteiger partial charge in [0.25, 0.3) is 0 Å². The normalized spacial score (nSPS) is 37.5. The van der Waals surface area contributed by atoms with Crippen molar-refractivity contribution in [2.24, 2.45) is 23.2 Å². The smallest absolute Gasteiger partial charge is 0.332 e. The largest absolute Gasteiger partial charge is 0.463 e. The van der Waals surface area contributed by atoms with E-state index in [0.717, 1.165) is 0 Å². The lowest BCUT2D eigenvalue weighted by atomic mass is 9.44. The van der Waals surface area contributed by atoms with E-state index in [1.165, 1.54) is 0 Å². The zero-order valence-electron chi connectivity index (χ0n) is 19.0. The molecule has 4 saturated carbocycles. The van der Waals surface area contributed by atoms with Gasteiger partial charge in [-0.05, 0) is 51.4 Å². The lowest BCUT2D eigenvalue weighted by Gasteiger charge is -2.67. The zero-order chi connectivity index (χ0) is 22.4. The molecule has 4 fully saturated rings. The summed E-state index contributed by atoms with van der Waals surface area (Å²) in [6.45, 7) is 9.59. The highest BCUT2D eigenvalue weighted by molar-refractivity contribution is 5.75. The molecular weight excluding hydrogens is 388 g/mol. The Balaban J connectivity index is 1.55. The van der Waals surface area contributed by atoms with Crippen LogP contribution in [0.1, 0.15) is 73.1 Å². The van der Waals surface area contributed by atoms with Gasteiger partial charge in [0.15, 0.2) is 0 Å². The van der Waals surface area contributed by atoms with Crippen LogP contribution in [0.5, 0.6) is 0 Å². The average Bonchev–Trinajstić information content (AvgIpc) is 2.57. The van der Waals surface area contributed by atoms with Crippen LogP contribution in [0.15, 0.2) is 0 Å². The molecule has 0 spiro atoms. The first-order chi connectivity index (χ1) is 13.8. The summed E-state index contributed by atoms with van der Waals surface area (Å²) in [6.07, 6.45) is 3.41. The summed E-state index contributed by atoms with van der Waals surface area (Å²) in [5.41, 5.74) is -3.36. The van der Waals surface area contributed by atoms with Gasteiger partial charge in [-0.2, -0.15) is 0 Å². The van der Waals surface area contributed by atoms with Crippen LogP contribution in [-0.4, -0.2) is 58.8 Å². The second-order valence-electron chi connectivity index (χ2n) is 10.8. The molecule has 0 aromatic heterocycles. The molecule has 0 amide bonds. The summed E-state index contributed by atoms with van der Waals surface area (Å²) < 4.78 is 16.5. The number of rotatable bonds is 9. The minimum Gasteiger partial charge on any atom is -0.463 e. The summed E-state index contributed by atoms with van der Waals surface area (Å²) in [5, 5.41) is 22.3. The number of esters is 2. The third-order valence-electron chi connectivity index (χ3n) is 7.46. The lowest BCUT2D eigenvalue weighted by molar-refractivity contribution is -0.302. The molecule has 0 saturated heterocycles. The van der Waals surface area contributed by atoms with Gasteiger partial charge in [0.1, 0.15) is 18.8 Å². The van der Waals surface area contributed by atoms with Crippen molar-refractivity contribution in [1.82, 2.24) is 0 Å². The molecule has 30 heavy (non-hydrogen) atoms. The van der Waals surface area contributed by atoms with E-state index >= 15 is 0 Å². The Morgan fingerprint density at radius 2 is 1.80 bits per heavy atom. The SMILES string of the molecule is CCC(C)(C)C(=O)OCCOCC(=O)OC12CC3CC(O)(CC(O)(C3)C1C(C)C)C2. The van der Waals surface area contributed by atoms with E-state index in [2.05, 4.69) is 0 Å². The van der Waals surface area contributed by atoms with E-state index in [4.69, 9.17) is 14.2 Å². The van der Waals surface area contributed by atoms with Gasteiger partial charge in [-0.3, -0.25) is 4.79 Å². The molecule has 4 bridgehead atoms. The van der Waals surface area contributed by atoms with Crippen molar-refractivity contribution in [2.45, 2.75) is 89.9 Å². The van der Waals surface area contributed by atoms with Gasteiger partial charge in [-0.25, -0.2) is 4.79 Å². The monoisotopic (exact) mass is 426 g/mol. The number of aliphatic hydroxyl groups is 2. The quantitative estimate of drug-likeness (QED) is 0.431. The van der Waals surface area contributed by atoms with E-state index in [0.29, 0.717) is 38.5 Å². The molecule has 0 aliphatic heterocycles. The Kier molecular flexibility index (Phi) is 6.31. The Labute approximate surface area is 179 Å². The maximum Gasteiger partial charge on any atom is 0.332 e. The fraction of sp³-hybridized carbons (Fsp3) is 0.913. The van der Waals surface area contributed by atoms with Crippen LogP contribution < -0.4 is 0 Å². The Morgan fingerprint density at radius 1 is 1.10 bits per heavy atom. The molecule has 0 aromatic carbocycles. The Bertz CT molecular complexity index is 674. The molecule has 2 N–H and O–H groups in total. The number of hydrogen-bond acceptors (Lipinski definition) is 7. The van der Waals surface area contributed by atoms with Gasteiger partial charge in [-0.15, -0.1) is 0 Å². The van der Waals surface area contributed by atoms with Crippen molar-refractivity contribution in [3.8, 4) is 0 Å². The molecule has 0 aromatic rings. The number of carbonyl (C=O) groups excluding carboxylic acids is 2. The first kappa shape index (κ1) is 23.5. The predicted octanol–water partition coefficient (Wildman–Crippen LogP) is 2.61. The van der Waals surface area contributed by atoms with Crippen LogP contribution in [0.25, 0.3) is 0 Å². The van der Waals surface area contributed by atoms with Crippen LogP contribution in [0.4, 0.5) is 0 Å². The first-order valence-corrected chi connectivity index (χ1v) is 11.3. The van der Waals surface area contributed by atoms with Crippen LogP contribution in [0.2, 0.25) is 0 Å². The fourth-order valence-electron chi connectivity index (χ4n) is 6.50. The minimum atomic E-state index is -0.996. The molecular formula is C23H38O7. The van der Waals surface area contributed by atoms with Crippen LogP contribution in [0.3, 0.4) is 0 Å². The summed E-state index contributed by atoms with van der Waals surface area (Å²) in [4.78, 5) is 24.5. The highest BCUT2D eigenvalue weighted by atomic mass is 16.6. The van der Waals surface area contributed by atoms with Crippen LogP contribution in [0, 0.1) is 23.2 Å². The molecule has 7 heteroatoms. The maximum absolute atomic E-state index is 12.6. The summed E-state index contributed by atoms with van der Waals surface area (Å²) in [7, 11) is 0. The van der Waals surface area contributed by atoms with Crippen molar-refractivity contribution in [3.63, 3.8) is 0 Å². The Hall–Kier alpha value is -1.18. The molecule has 7 nitrogen and oxygen atoms in total. The molecule has 4 aliphatic carbocycles. The predicted molar refractivity (Wildman–Crippen MR) is 109 cm³/mol. The standard InChI is InChI=1S/C23H38O7/c1-6-20(4,5)19(25)29-8-7-28-12-17(24)30-23-11-16-9-21(26,14-23)13-22(27,10-16)18(23)15(2)3/h15-16,18,26-27H,6-14H2,1-5H3. The van der Waals surface area contributed by atoms with E-state index < -0.39 is 28.2 Å². The Morgan fingerprint density at radius 3 is 2.40 bits per heavy atom. The van der Waals surface area contributed by atoms with E-state index in [1.54, 1.807) is 0 Å². The molecule has 5 unspecified atom stereocenters. The average molecular weight is 427 g/mol. The highest BCUT2D eigenvalue weighted by Gasteiger charge is 2.70. The molecule has 172 valence electrons. The first-order valence-electron chi connectivity index (χ1n) is 11.3. The van der Waals surface area contributed by atoms with Gasteiger partial charge < -0.3 is 24.4 Å². The van der Waals surface area contributed by atoms with E-state index in [-0.39, 0.29) is 43.5 Å². The molecule has 4 rings (SSSR count). The molecule has 4 aliphatic rings. The third-order valence-corrected chi connectivity index (χ3v) is 7.46. The van der Waals surface area contributed by atoms with Gasteiger partial charge in [0.2, 0.25) is 0 Å². The van der Waals surface area contributed by atoms with Gasteiger partial charge in [0.05, 0.1) is 23.2 Å². The van der Waals surface area contributed by atoms with E-state index in [1.807, 2.05) is 34.6 Å². The topological polar surface area (TPSA) is 102 Å². The zero-order valence-corrected chi connectivity index (χ0v) is 19.0. The second kappa shape index (κ2) is 8.06. The second-order valence-corrected chi connectivity index (χ2v) is 10.8. The minimum absolute atomic E-state index is 0.0802. The van der Waals surface area contributed by atoms with Crippen molar-refractivity contribution in [1.29, 1.82) is 0 Å². The number of ether oxygens (including phenoxy) is 3. The van der Waals surface area contributed by atoms with Crippen LogP contribution in [-0.2, 0) is 23.8 Å². The van der Waals surface area contributed by atoms with Crippen LogP contribution >= 0.6 is 0 Å². The highest BCUT2D eigenvalue weighted by Crippen LogP contribution is 2.64. The maximum atomic E-state index is 12.6. The van der Waals surface area contributed by atoms with Gasteiger partial charge in [-0.1, -0.05) is 20.8 Å². The van der Waals surface area contributed by atoms with Crippen molar-refractivity contribution in [2.75, 3.05) is 19.8 Å². The van der Waals surface area contributed by atoms with Crippen molar-refractivity contribution < 1.29 is 34.0 Å². The van der Waals surface area contributed by atoms with E-state index in [9.17, 15) is 19.8 Å². The lowest BCUT2D eigenvalue weighted by Crippen LogP contribution is -2.73. The molecule has 0 heterocycles. The van der Waals surface area contributed by atoms with Gasteiger partial charge >= 0.3 is 11.9 Å². The summed E-state index contributed by atoms with van der Waals surface area (Å²) >= 11 is 0. The van der Waals surface area contributed by atoms with Gasteiger partial charge in [0, 0.05) is 18.8 Å². The third kappa shape index (κ3) is 4.39. The number of carbonyl (C=O) groups is 2. The van der Waals surface area contributed by atoms with Crippen molar-refractivity contribution >= 4 is 11.9 Å². The summed E-state index contributed by atoms with van der Waals surface area (Å²) in [5.74, 6) is -0.717.